The molecular weight excluding hydrogens is 485 g/mol. The lowest BCUT2D eigenvalue weighted by Gasteiger charge is -2.33. The largest absolute Gasteiger partial charge is 0.355 e. The molecule has 1 N–H and O–H groups in total. The van der Waals surface area contributed by atoms with Gasteiger partial charge in [0.05, 0.1) is 11.9 Å². The average molecular weight is 514 g/mol. The van der Waals surface area contributed by atoms with Gasteiger partial charge in [0.25, 0.3) is 0 Å². The Morgan fingerprint density at radius 1 is 1.03 bits per heavy atom. The molecule has 0 fully saturated rings. The Kier molecular flexibility index (Phi) is 9.57. The molecule has 1 atom stereocenters. The lowest BCUT2D eigenvalue weighted by molar-refractivity contribution is -0.140. The van der Waals surface area contributed by atoms with E-state index in [-0.39, 0.29) is 12.5 Å². The Balaban J connectivity index is 2.49. The summed E-state index contributed by atoms with van der Waals surface area (Å²) in [5, 5.41) is 3.58. The van der Waals surface area contributed by atoms with Crippen molar-refractivity contribution in [2.45, 2.75) is 39.8 Å². The molecule has 2 aromatic carbocycles. The maximum atomic E-state index is 13.6. The zero-order chi connectivity index (χ0) is 24.8. The molecule has 2 aromatic rings. The summed E-state index contributed by atoms with van der Waals surface area (Å²) in [4.78, 5) is 27.7. The standard InChI is InChI=1S/C23H29Cl2N3O4S/c1-5-20(23(30)26-6-2)27(14-17-10-7-8-11-19(17)25)22(29)15-28(33(4,31)32)21-13-9-12-18(24)16(21)3/h7-13,20H,5-6,14-15H2,1-4H3,(H,26,30)/t20-/m0/s1. The van der Waals surface area contributed by atoms with Gasteiger partial charge in [-0.3, -0.25) is 13.9 Å². The third-order valence-corrected chi connectivity index (χ3v) is 7.13. The van der Waals surface area contributed by atoms with Crippen LogP contribution in [0.1, 0.15) is 31.4 Å². The molecule has 0 aliphatic carbocycles. The number of halogens is 2. The van der Waals surface area contributed by atoms with Gasteiger partial charge in [-0.05, 0) is 49.6 Å². The minimum absolute atomic E-state index is 0.0558. The highest BCUT2D eigenvalue weighted by molar-refractivity contribution is 7.92. The number of carbonyl (C=O) groups is 2. The second kappa shape index (κ2) is 11.7. The number of amides is 2. The van der Waals surface area contributed by atoms with Crippen molar-refractivity contribution < 1.29 is 18.0 Å². The molecule has 0 radical (unpaired) electrons. The van der Waals surface area contributed by atoms with Crippen LogP contribution in [-0.4, -0.2) is 50.5 Å². The minimum atomic E-state index is -3.83. The van der Waals surface area contributed by atoms with E-state index >= 15 is 0 Å². The second-order valence-electron chi connectivity index (χ2n) is 7.59. The van der Waals surface area contributed by atoms with Crippen LogP contribution in [-0.2, 0) is 26.2 Å². The van der Waals surface area contributed by atoms with Gasteiger partial charge in [0.2, 0.25) is 21.8 Å². The fourth-order valence-corrected chi connectivity index (χ4v) is 4.75. The normalized spacial score (nSPS) is 12.2. The number of anilines is 1. The lowest BCUT2D eigenvalue weighted by atomic mass is 10.1. The van der Waals surface area contributed by atoms with Gasteiger partial charge in [0.15, 0.2) is 0 Å². The van der Waals surface area contributed by atoms with Gasteiger partial charge in [-0.1, -0.05) is 54.4 Å². The lowest BCUT2D eigenvalue weighted by Crippen LogP contribution is -2.52. The number of nitrogens with zero attached hydrogens (tertiary/aromatic N) is 2. The topological polar surface area (TPSA) is 86.8 Å². The molecule has 0 aliphatic heterocycles. The first-order valence-corrected chi connectivity index (χ1v) is 13.1. The summed E-state index contributed by atoms with van der Waals surface area (Å²) in [5.74, 6) is -0.844. The summed E-state index contributed by atoms with van der Waals surface area (Å²) < 4.78 is 26.3. The molecule has 180 valence electrons. The zero-order valence-corrected chi connectivity index (χ0v) is 21.5. The number of hydrogen-bond acceptors (Lipinski definition) is 4. The van der Waals surface area contributed by atoms with Gasteiger partial charge in [-0.15, -0.1) is 0 Å². The highest BCUT2D eigenvalue weighted by Crippen LogP contribution is 2.29. The summed E-state index contributed by atoms with van der Waals surface area (Å²) >= 11 is 12.5. The Hall–Kier alpha value is -2.29. The van der Waals surface area contributed by atoms with Crippen molar-refractivity contribution in [1.29, 1.82) is 0 Å². The molecule has 0 aromatic heterocycles. The van der Waals surface area contributed by atoms with Crippen molar-refractivity contribution in [1.82, 2.24) is 10.2 Å². The van der Waals surface area contributed by atoms with E-state index < -0.39 is 28.5 Å². The summed E-state index contributed by atoms with van der Waals surface area (Å²) in [6, 6.07) is 11.1. The van der Waals surface area contributed by atoms with Crippen LogP contribution in [0.5, 0.6) is 0 Å². The summed E-state index contributed by atoms with van der Waals surface area (Å²) in [6.07, 6.45) is 1.37. The number of hydrogen-bond donors (Lipinski definition) is 1. The molecule has 0 aliphatic rings. The SMILES string of the molecule is CCNC(=O)[C@H](CC)N(Cc1ccccc1Cl)C(=O)CN(c1cccc(Cl)c1C)S(C)(=O)=O. The fraction of sp³-hybridized carbons (Fsp3) is 0.391. The van der Waals surface area contributed by atoms with Crippen molar-refractivity contribution in [3.8, 4) is 0 Å². The van der Waals surface area contributed by atoms with E-state index in [2.05, 4.69) is 5.32 Å². The number of likely N-dealkylation sites (N-methyl/N-ethyl adjacent to an activating group) is 1. The fourth-order valence-electron chi connectivity index (χ4n) is 3.48. The molecule has 0 unspecified atom stereocenters. The first-order valence-electron chi connectivity index (χ1n) is 10.5. The smallest absolute Gasteiger partial charge is 0.244 e. The van der Waals surface area contributed by atoms with Crippen LogP contribution in [0, 0.1) is 6.92 Å². The minimum Gasteiger partial charge on any atom is -0.355 e. The van der Waals surface area contributed by atoms with Crippen molar-refractivity contribution in [2.24, 2.45) is 0 Å². The van der Waals surface area contributed by atoms with E-state index in [4.69, 9.17) is 23.2 Å². The van der Waals surface area contributed by atoms with E-state index in [1.807, 2.05) is 0 Å². The van der Waals surface area contributed by atoms with Gasteiger partial charge >= 0.3 is 0 Å². The van der Waals surface area contributed by atoms with Crippen LogP contribution < -0.4 is 9.62 Å². The molecule has 0 spiro atoms. The first-order chi connectivity index (χ1) is 15.5. The highest BCUT2D eigenvalue weighted by atomic mass is 35.5. The number of benzene rings is 2. The third kappa shape index (κ3) is 6.85. The Bertz CT molecular complexity index is 1110. The van der Waals surface area contributed by atoms with Gasteiger partial charge in [-0.2, -0.15) is 0 Å². The quantitative estimate of drug-likeness (QED) is 0.519. The molecule has 7 nitrogen and oxygen atoms in total. The van der Waals surface area contributed by atoms with E-state index in [0.717, 1.165) is 10.6 Å². The van der Waals surface area contributed by atoms with E-state index in [1.165, 1.54) is 4.90 Å². The Morgan fingerprint density at radius 3 is 2.24 bits per heavy atom. The summed E-state index contributed by atoms with van der Waals surface area (Å²) in [7, 11) is -3.83. The van der Waals surface area contributed by atoms with E-state index in [0.29, 0.717) is 39.8 Å². The van der Waals surface area contributed by atoms with Crippen LogP contribution in [0.15, 0.2) is 42.5 Å². The van der Waals surface area contributed by atoms with Crippen LogP contribution in [0.2, 0.25) is 10.0 Å². The van der Waals surface area contributed by atoms with Gasteiger partial charge < -0.3 is 10.2 Å². The monoisotopic (exact) mass is 513 g/mol. The molecule has 0 saturated carbocycles. The maximum absolute atomic E-state index is 13.6. The van der Waals surface area contributed by atoms with E-state index in [9.17, 15) is 18.0 Å². The highest BCUT2D eigenvalue weighted by Gasteiger charge is 2.32. The third-order valence-electron chi connectivity index (χ3n) is 5.22. The molecule has 2 rings (SSSR count). The number of nitrogens with one attached hydrogen (secondary N) is 1. The van der Waals surface area contributed by atoms with Crippen molar-refractivity contribution in [3.05, 3.63) is 63.6 Å². The van der Waals surface area contributed by atoms with Gasteiger partial charge in [0, 0.05) is 23.1 Å². The van der Waals surface area contributed by atoms with Gasteiger partial charge in [0.1, 0.15) is 12.6 Å². The predicted octanol–water partition coefficient (Wildman–Crippen LogP) is 4.01. The molecule has 0 heterocycles. The average Bonchev–Trinajstić information content (AvgIpc) is 2.74. The molecule has 10 heteroatoms. The van der Waals surface area contributed by atoms with Crippen molar-refractivity contribution in [2.75, 3.05) is 23.7 Å². The van der Waals surface area contributed by atoms with Crippen LogP contribution in [0.4, 0.5) is 5.69 Å². The zero-order valence-electron chi connectivity index (χ0n) is 19.1. The summed E-state index contributed by atoms with van der Waals surface area (Å²) in [6.45, 7) is 5.24. The molecular formula is C23H29Cl2N3O4S. The molecule has 0 saturated heterocycles. The molecule has 33 heavy (non-hydrogen) atoms. The molecule has 2 amide bonds. The van der Waals surface area contributed by atoms with Crippen LogP contribution >= 0.6 is 23.2 Å². The Morgan fingerprint density at radius 2 is 1.67 bits per heavy atom. The van der Waals surface area contributed by atoms with Crippen molar-refractivity contribution in [3.63, 3.8) is 0 Å². The number of sulfonamides is 1. The molecule has 0 bridgehead atoms. The first kappa shape index (κ1) is 27.0. The Labute approximate surface area is 205 Å². The van der Waals surface area contributed by atoms with Crippen LogP contribution in [0.3, 0.4) is 0 Å². The second-order valence-corrected chi connectivity index (χ2v) is 10.3. The maximum Gasteiger partial charge on any atom is 0.244 e. The van der Waals surface area contributed by atoms with Crippen molar-refractivity contribution >= 4 is 50.7 Å². The summed E-state index contributed by atoms with van der Waals surface area (Å²) in [5.41, 5.74) is 1.49. The van der Waals surface area contributed by atoms with E-state index in [1.54, 1.807) is 63.2 Å². The van der Waals surface area contributed by atoms with Crippen LogP contribution in [0.25, 0.3) is 0 Å². The van der Waals surface area contributed by atoms with Gasteiger partial charge in [-0.25, -0.2) is 8.42 Å². The predicted molar refractivity (Wildman–Crippen MR) is 133 cm³/mol. The number of rotatable bonds is 10. The number of carbonyl (C=O) groups excluding carboxylic acids is 2.